The molecule has 0 bridgehead atoms. The van der Waals surface area contributed by atoms with E-state index in [9.17, 15) is 0 Å². The quantitative estimate of drug-likeness (QED) is 0.426. The van der Waals surface area contributed by atoms with Crippen molar-refractivity contribution in [2.24, 2.45) is 0 Å². The molecule has 6 nitrogen and oxygen atoms in total. The second kappa shape index (κ2) is 12.7. The largest absolute Gasteiger partial charge is 1.00 e. The van der Waals surface area contributed by atoms with Crippen LogP contribution in [0.3, 0.4) is 0 Å². The first-order chi connectivity index (χ1) is 2.00. The maximum absolute atomic E-state index is 8.82. The molecule has 0 radical (unpaired) electrons. The molecule has 0 rings (SSSR count). The molecule has 0 aromatic carbocycles. The van der Waals surface area contributed by atoms with Crippen molar-refractivity contribution < 1.29 is 96.3 Å². The van der Waals surface area contributed by atoms with Crippen molar-refractivity contribution in [3.63, 3.8) is 0 Å². The molecule has 9 heteroatoms. The normalized spacial score (nSPS) is 6.44. The Kier molecular flexibility index (Phi) is 43.1. The van der Waals surface area contributed by atoms with Crippen LogP contribution in [-0.2, 0) is 24.2 Å². The molecular weight excluding hydrogens is 273 g/mol. The van der Waals surface area contributed by atoms with E-state index in [-0.39, 0.29) is 80.3 Å². The first-order valence-corrected chi connectivity index (χ1v) is 3.63. The van der Waals surface area contributed by atoms with Crippen molar-refractivity contribution in [3.8, 4) is 0 Å². The summed E-state index contributed by atoms with van der Waals surface area (Å²) in [7, 11) is 0. The van der Waals surface area contributed by atoms with E-state index in [0.717, 1.165) is 0 Å². The maximum atomic E-state index is 8.82. The molecule has 0 saturated heterocycles. The Morgan fingerprint density at radius 2 is 1.11 bits per heavy atom. The second-order valence-electron chi connectivity index (χ2n) is 0.448. The molecule has 0 aliphatic heterocycles. The molecule has 6 N–H and O–H groups in total. The summed E-state index contributed by atoms with van der Waals surface area (Å²) in [6.45, 7) is 0. The summed E-state index contributed by atoms with van der Waals surface area (Å²) in [5.41, 5.74) is 0. The third-order valence-corrected chi connectivity index (χ3v) is 0. The fourth-order valence-corrected chi connectivity index (χ4v) is 0. The Morgan fingerprint density at radius 1 is 1.11 bits per heavy atom. The minimum atomic E-state index is -5.25. The summed E-state index contributed by atoms with van der Waals surface area (Å²) >= 11 is -5.25. The van der Waals surface area contributed by atoms with Gasteiger partial charge in [0.25, 0.3) is 0 Å². The molecule has 0 aromatic heterocycles. The van der Waals surface area contributed by atoms with Gasteiger partial charge in [0.2, 0.25) is 0 Å². The van der Waals surface area contributed by atoms with Gasteiger partial charge in [-0.15, -0.1) is 0 Å². The Labute approximate surface area is 108 Å². The first kappa shape index (κ1) is 30.4. The van der Waals surface area contributed by atoms with Crippen LogP contribution in [0, 0.1) is 0 Å². The summed E-state index contributed by atoms with van der Waals surface area (Å²) in [5, 5.41) is 0. The van der Waals surface area contributed by atoms with E-state index in [4.69, 9.17) is 16.0 Å². The first-order valence-electron chi connectivity index (χ1n) is 0.698. The van der Waals surface area contributed by atoms with Gasteiger partial charge in [-0.1, -0.05) is 0 Å². The van der Waals surface area contributed by atoms with Crippen LogP contribution in [-0.4, -0.2) is 32.7 Å². The molecule has 0 aliphatic rings. The predicted octanol–water partition coefficient (Wildman–Crippen LogP) is -6.27. The summed E-state index contributed by atoms with van der Waals surface area (Å²) in [6, 6.07) is 0. The molecule has 0 atom stereocenters. The van der Waals surface area contributed by atoms with Crippen LogP contribution in [0.25, 0.3) is 0 Å². The van der Waals surface area contributed by atoms with Crippen LogP contribution in [0.2, 0.25) is 0 Å². The smallest absolute Gasteiger partial charge is 1.00 e. The van der Waals surface area contributed by atoms with Gasteiger partial charge in [-0.05, 0) is 0 Å². The van der Waals surface area contributed by atoms with Crippen molar-refractivity contribution in [1.29, 1.82) is 0 Å². The van der Waals surface area contributed by atoms with Crippen LogP contribution in [0.15, 0.2) is 0 Å². The van der Waals surface area contributed by atoms with E-state index in [0.29, 0.717) is 0 Å². The Morgan fingerprint density at radius 3 is 1.11 bits per heavy atom. The molecule has 0 unspecified atom stereocenters. The minimum absolute atomic E-state index is 0. The average molecular weight is 280 g/mol. The molecular formula is H7KNiO6Se. The van der Waals surface area contributed by atoms with Crippen LogP contribution in [0.4, 0.5) is 0 Å². The van der Waals surface area contributed by atoms with E-state index in [1.165, 1.54) is 0 Å². The third kappa shape index (κ3) is 151. The zero-order valence-corrected chi connectivity index (χ0v) is 10.3. The fraction of sp³-hybridized carbons (Fsp3) is 0. The molecule has 0 fully saturated rings. The second-order valence-corrected chi connectivity index (χ2v) is 2.33. The van der Waals surface area contributed by atoms with Gasteiger partial charge in [0.15, 0.2) is 0 Å². The third-order valence-electron chi connectivity index (χ3n) is 0. The summed E-state index contributed by atoms with van der Waals surface area (Å²) in [4.78, 5) is 0. The molecule has 0 aromatic rings. The standard InChI is InChI=1S/K.Ni.H2O4Se.2H2O.H/c;;1-5(2,3)4;;;/h;;(H2,1,2,3,4);2*1H2;/q+1;;;;;-1. The summed E-state index contributed by atoms with van der Waals surface area (Å²) < 4.78 is 31.9. The van der Waals surface area contributed by atoms with Gasteiger partial charge in [-0.3, -0.25) is 0 Å². The topological polar surface area (TPSA) is 138 Å². The van der Waals surface area contributed by atoms with E-state index in [2.05, 4.69) is 0 Å². The minimum Gasteiger partial charge on any atom is -1.00 e. The Balaban J connectivity index is -0.00000000800. The fourth-order valence-electron chi connectivity index (χ4n) is 0. The molecule has 0 heterocycles. The van der Waals surface area contributed by atoms with Gasteiger partial charge in [-0.25, -0.2) is 0 Å². The van der Waals surface area contributed by atoms with Crippen molar-refractivity contribution in [3.05, 3.63) is 0 Å². The van der Waals surface area contributed by atoms with E-state index in [1.807, 2.05) is 0 Å². The van der Waals surface area contributed by atoms with Crippen molar-refractivity contribution in [2.45, 2.75) is 0 Å². The molecule has 0 spiro atoms. The monoisotopic (exact) mass is 280 g/mol. The summed E-state index contributed by atoms with van der Waals surface area (Å²) in [5.74, 6) is 0. The van der Waals surface area contributed by atoms with Crippen LogP contribution < -0.4 is 51.4 Å². The van der Waals surface area contributed by atoms with Crippen LogP contribution in [0.5, 0.6) is 0 Å². The SMILES string of the molecule is O.O.O=[Se](=O)(O)O.[H-].[K+].[Ni]. The van der Waals surface area contributed by atoms with Gasteiger partial charge in [-0.2, -0.15) is 0 Å². The molecule has 9 heavy (non-hydrogen) atoms. The van der Waals surface area contributed by atoms with Gasteiger partial charge < -0.3 is 12.4 Å². The molecule has 0 amide bonds. The van der Waals surface area contributed by atoms with E-state index >= 15 is 0 Å². The molecule has 0 saturated carbocycles. The zero-order valence-electron chi connectivity index (χ0n) is 5.44. The van der Waals surface area contributed by atoms with Crippen molar-refractivity contribution in [1.82, 2.24) is 0 Å². The maximum Gasteiger partial charge on any atom is 1.00 e. The van der Waals surface area contributed by atoms with Gasteiger partial charge in [0.05, 0.1) is 0 Å². The van der Waals surface area contributed by atoms with E-state index in [1.54, 1.807) is 0 Å². The Hall–Kier alpha value is 2.09. The Bertz CT molecular complexity index is 101. The van der Waals surface area contributed by atoms with Gasteiger partial charge in [0, 0.05) is 16.5 Å². The average Bonchev–Trinajstić information content (AvgIpc) is 0.722. The molecule has 60 valence electrons. The summed E-state index contributed by atoms with van der Waals surface area (Å²) in [6.07, 6.45) is 0. The zero-order chi connectivity index (χ0) is 4.50. The van der Waals surface area contributed by atoms with Crippen LogP contribution >= 0.6 is 0 Å². The number of hydrogen-bond acceptors (Lipinski definition) is 2. The van der Waals surface area contributed by atoms with Gasteiger partial charge >= 0.3 is 80.8 Å². The van der Waals surface area contributed by atoms with Gasteiger partial charge in [0.1, 0.15) is 0 Å². The predicted molar refractivity (Wildman–Crippen MR) is 19.9 cm³/mol. The van der Waals surface area contributed by atoms with E-state index < -0.39 is 13.4 Å². The van der Waals surface area contributed by atoms with Crippen molar-refractivity contribution in [2.75, 3.05) is 0 Å². The number of hydrogen-bond donors (Lipinski definition) is 2. The number of rotatable bonds is 0. The molecule has 0 aliphatic carbocycles. The van der Waals surface area contributed by atoms with Crippen LogP contribution in [0.1, 0.15) is 1.43 Å². The van der Waals surface area contributed by atoms with Crippen molar-refractivity contribution >= 4 is 13.4 Å².